The molecule has 0 saturated heterocycles. The van der Waals surface area contributed by atoms with Gasteiger partial charge in [-0.1, -0.05) is 0 Å². The van der Waals surface area contributed by atoms with Crippen molar-refractivity contribution in [1.29, 1.82) is 0 Å². The number of halogens is 3. The lowest BCUT2D eigenvalue weighted by Crippen LogP contribution is -2.40. The van der Waals surface area contributed by atoms with Gasteiger partial charge in [-0.2, -0.15) is 13.2 Å². The molecule has 0 radical (unpaired) electrons. The Balaban J connectivity index is 2.49. The third kappa shape index (κ3) is 7.74. The number of carbonyl (C=O) groups excluding carboxylic acids is 1. The molecule has 0 bridgehead atoms. The van der Waals surface area contributed by atoms with E-state index >= 15 is 0 Å². The van der Waals surface area contributed by atoms with Gasteiger partial charge in [0, 0.05) is 18.8 Å². The average molecular weight is 355 g/mol. The van der Waals surface area contributed by atoms with Crippen LogP contribution in [0.25, 0.3) is 0 Å². The van der Waals surface area contributed by atoms with Crippen LogP contribution in [-0.2, 0) is 22.7 Å². The second kappa shape index (κ2) is 7.55. The van der Waals surface area contributed by atoms with Crippen LogP contribution in [0.15, 0.2) is 6.07 Å². The summed E-state index contributed by atoms with van der Waals surface area (Å²) in [7, 11) is -3.35. The lowest BCUT2D eigenvalue weighted by molar-refractivity contribution is -0.141. The van der Waals surface area contributed by atoms with Gasteiger partial charge >= 0.3 is 12.2 Å². The molecule has 0 aliphatic heterocycles. The molecule has 0 unspecified atom stereocenters. The number of nitrogens with zero attached hydrogens (tertiary/aromatic N) is 2. The maximum atomic E-state index is 12.6. The number of sulfonamides is 1. The first kappa shape index (κ1) is 19.1. The highest BCUT2D eigenvalue weighted by Crippen LogP contribution is 2.27. The van der Waals surface area contributed by atoms with Gasteiger partial charge < -0.3 is 10.6 Å². The summed E-state index contributed by atoms with van der Waals surface area (Å²) in [5.74, 6) is -0.179. The SMILES string of the molecule is Cc1cc(C(F)(F)F)nc(CNC(=O)NCCNS(C)(=O)=O)n1. The van der Waals surface area contributed by atoms with E-state index in [1.807, 2.05) is 0 Å². The standard InChI is InChI=1S/C11H16F3N5O3S/c1-7-5-8(11(12,13)14)19-9(18-7)6-16-10(20)15-3-4-17-23(2,21)22/h5,17H,3-4,6H2,1-2H3,(H2,15,16,20). The summed E-state index contributed by atoms with van der Waals surface area (Å²) < 4.78 is 61.5. The Bertz CT molecular complexity index is 663. The maximum Gasteiger partial charge on any atom is 0.433 e. The number of amides is 2. The minimum Gasteiger partial charge on any atom is -0.337 e. The number of hydrogen-bond acceptors (Lipinski definition) is 5. The van der Waals surface area contributed by atoms with E-state index in [2.05, 4.69) is 25.3 Å². The molecule has 1 heterocycles. The molecule has 23 heavy (non-hydrogen) atoms. The molecular weight excluding hydrogens is 339 g/mol. The normalized spacial score (nSPS) is 12.0. The van der Waals surface area contributed by atoms with Crippen molar-refractivity contribution >= 4 is 16.1 Å². The number of aromatic nitrogens is 2. The highest BCUT2D eigenvalue weighted by atomic mass is 32.2. The van der Waals surface area contributed by atoms with E-state index in [0.29, 0.717) is 0 Å². The molecule has 130 valence electrons. The van der Waals surface area contributed by atoms with Crippen molar-refractivity contribution in [1.82, 2.24) is 25.3 Å². The second-order valence-corrected chi connectivity index (χ2v) is 6.42. The molecule has 1 aromatic heterocycles. The quantitative estimate of drug-likeness (QED) is 0.629. The molecule has 1 rings (SSSR count). The van der Waals surface area contributed by atoms with E-state index in [0.717, 1.165) is 12.3 Å². The summed E-state index contributed by atoms with van der Waals surface area (Å²) in [6, 6.07) is 0.124. The van der Waals surface area contributed by atoms with Crippen LogP contribution >= 0.6 is 0 Å². The average Bonchev–Trinajstić information content (AvgIpc) is 2.39. The minimum absolute atomic E-state index is 0.00851. The molecule has 0 atom stereocenters. The Kier molecular flexibility index (Phi) is 6.27. The molecule has 0 fully saturated rings. The van der Waals surface area contributed by atoms with Crippen molar-refractivity contribution in [2.24, 2.45) is 0 Å². The molecule has 12 heteroatoms. The van der Waals surface area contributed by atoms with Gasteiger partial charge in [0.1, 0.15) is 11.5 Å². The summed E-state index contributed by atoms with van der Waals surface area (Å²) in [6.07, 6.45) is -3.62. The summed E-state index contributed by atoms with van der Waals surface area (Å²) >= 11 is 0. The summed E-state index contributed by atoms with van der Waals surface area (Å²) in [6.45, 7) is 1.10. The summed E-state index contributed by atoms with van der Waals surface area (Å²) in [5, 5.41) is 4.61. The molecule has 8 nitrogen and oxygen atoms in total. The van der Waals surface area contributed by atoms with Gasteiger partial charge in [0.15, 0.2) is 0 Å². The molecule has 0 aliphatic rings. The van der Waals surface area contributed by atoms with Gasteiger partial charge in [0.2, 0.25) is 10.0 Å². The summed E-state index contributed by atoms with van der Waals surface area (Å²) in [4.78, 5) is 18.6. The smallest absolute Gasteiger partial charge is 0.337 e. The number of carbonyl (C=O) groups is 1. The van der Waals surface area contributed by atoms with E-state index in [1.54, 1.807) is 0 Å². The molecule has 0 saturated carbocycles. The monoisotopic (exact) mass is 355 g/mol. The maximum absolute atomic E-state index is 12.6. The fraction of sp³-hybridized carbons (Fsp3) is 0.545. The molecule has 2 amide bonds. The predicted octanol–water partition coefficient (Wildman–Crippen LogP) is 0.152. The van der Waals surface area contributed by atoms with Crippen LogP contribution in [-0.4, -0.2) is 43.8 Å². The van der Waals surface area contributed by atoms with Crippen molar-refractivity contribution in [3.8, 4) is 0 Å². The van der Waals surface area contributed by atoms with Crippen molar-refractivity contribution in [2.75, 3.05) is 19.3 Å². The van der Waals surface area contributed by atoms with Gasteiger partial charge in [-0.05, 0) is 13.0 Å². The van der Waals surface area contributed by atoms with Crippen molar-refractivity contribution in [2.45, 2.75) is 19.6 Å². The number of urea groups is 1. The molecule has 1 aromatic rings. The van der Waals surface area contributed by atoms with Crippen molar-refractivity contribution < 1.29 is 26.4 Å². The van der Waals surface area contributed by atoms with Crippen molar-refractivity contribution in [3.63, 3.8) is 0 Å². The lowest BCUT2D eigenvalue weighted by Gasteiger charge is -2.10. The van der Waals surface area contributed by atoms with Crippen LogP contribution in [0.4, 0.5) is 18.0 Å². The van der Waals surface area contributed by atoms with Gasteiger partial charge in [-0.3, -0.25) is 0 Å². The van der Waals surface area contributed by atoms with Gasteiger partial charge in [0.05, 0.1) is 12.8 Å². The predicted molar refractivity (Wildman–Crippen MR) is 74.9 cm³/mol. The zero-order valence-electron chi connectivity index (χ0n) is 12.4. The van der Waals surface area contributed by atoms with Gasteiger partial charge in [0.25, 0.3) is 0 Å². The number of aryl methyl sites for hydroxylation is 1. The van der Waals surface area contributed by atoms with Gasteiger partial charge in [-0.15, -0.1) is 0 Å². The van der Waals surface area contributed by atoms with Crippen LogP contribution in [0.2, 0.25) is 0 Å². The number of nitrogens with one attached hydrogen (secondary N) is 3. The van der Waals surface area contributed by atoms with Crippen LogP contribution < -0.4 is 15.4 Å². The third-order valence-corrected chi connectivity index (χ3v) is 3.10. The number of alkyl halides is 3. The Hall–Kier alpha value is -1.95. The first-order chi connectivity index (χ1) is 10.5. The molecule has 0 spiro atoms. The van der Waals surface area contributed by atoms with Crippen molar-refractivity contribution in [3.05, 3.63) is 23.3 Å². The lowest BCUT2D eigenvalue weighted by atomic mass is 10.3. The van der Waals surface area contributed by atoms with E-state index < -0.39 is 27.9 Å². The second-order valence-electron chi connectivity index (χ2n) is 4.58. The molecule has 3 N–H and O–H groups in total. The largest absolute Gasteiger partial charge is 0.433 e. The van der Waals surface area contributed by atoms with Crippen LogP contribution in [0.5, 0.6) is 0 Å². The minimum atomic E-state index is -4.60. The zero-order valence-corrected chi connectivity index (χ0v) is 13.2. The topological polar surface area (TPSA) is 113 Å². The fourth-order valence-electron chi connectivity index (χ4n) is 1.49. The Labute approximate surface area is 130 Å². The Morgan fingerprint density at radius 2 is 1.87 bits per heavy atom. The third-order valence-electron chi connectivity index (χ3n) is 2.37. The highest BCUT2D eigenvalue weighted by molar-refractivity contribution is 7.88. The number of rotatable bonds is 6. The van der Waals surface area contributed by atoms with E-state index in [1.165, 1.54) is 6.92 Å². The molecular formula is C11H16F3N5O3S. The highest BCUT2D eigenvalue weighted by Gasteiger charge is 2.33. The van der Waals surface area contributed by atoms with E-state index in [4.69, 9.17) is 0 Å². The zero-order chi connectivity index (χ0) is 17.7. The van der Waals surface area contributed by atoms with Gasteiger partial charge in [-0.25, -0.2) is 27.9 Å². The first-order valence-electron chi connectivity index (χ1n) is 6.35. The van der Waals surface area contributed by atoms with E-state index in [9.17, 15) is 26.4 Å². The molecule has 0 aromatic carbocycles. The van der Waals surface area contributed by atoms with Crippen LogP contribution in [0, 0.1) is 6.92 Å². The molecule has 0 aliphatic carbocycles. The Morgan fingerprint density at radius 1 is 1.22 bits per heavy atom. The fourth-order valence-corrected chi connectivity index (χ4v) is 1.96. The van der Waals surface area contributed by atoms with Crippen LogP contribution in [0.1, 0.15) is 17.2 Å². The number of hydrogen-bond donors (Lipinski definition) is 3. The first-order valence-corrected chi connectivity index (χ1v) is 8.24. The summed E-state index contributed by atoms with van der Waals surface area (Å²) in [5.41, 5.74) is -0.957. The Morgan fingerprint density at radius 3 is 2.43 bits per heavy atom. The van der Waals surface area contributed by atoms with Crippen LogP contribution in [0.3, 0.4) is 0 Å². The van der Waals surface area contributed by atoms with E-state index in [-0.39, 0.29) is 31.2 Å².